The maximum Gasteiger partial charge on any atom is 0.326 e. The summed E-state index contributed by atoms with van der Waals surface area (Å²) in [6.45, 7) is 2.74. The average molecular weight is 1060 g/mol. The van der Waals surface area contributed by atoms with Gasteiger partial charge in [0.25, 0.3) is 0 Å². The Morgan fingerprint density at radius 3 is 1.48 bits per heavy atom. The minimum Gasteiger partial charge on any atom is -0.481 e. The first-order chi connectivity index (χ1) is 34.3. The smallest absolute Gasteiger partial charge is 0.326 e. The van der Waals surface area contributed by atoms with Gasteiger partial charge in [-0.1, -0.05) is 13.8 Å². The number of carboxylic acid groups (broad SMARTS) is 3. The number of hydrogen-bond acceptors (Lipinski definition) is 16. The summed E-state index contributed by atoms with van der Waals surface area (Å²) in [6, 6.07) is -12.8. The molecule has 0 aromatic carbocycles. The van der Waals surface area contributed by atoms with E-state index in [1.165, 1.54) is 0 Å². The number of nitrogens with two attached hydrogens (primary N) is 4. The Kier molecular flexibility index (Phi) is 26.4. The number of amides is 9. The number of primary amides is 1. The van der Waals surface area contributed by atoms with Gasteiger partial charge in [-0.15, -0.1) is 0 Å². The van der Waals surface area contributed by atoms with Crippen LogP contribution < -0.4 is 54.8 Å². The highest BCUT2D eigenvalue weighted by Gasteiger charge is 2.42. The maximum atomic E-state index is 14.3. The molecule has 0 spiro atoms. The molecule has 30 heteroatoms. The summed E-state index contributed by atoms with van der Waals surface area (Å²) in [4.78, 5) is 163. The van der Waals surface area contributed by atoms with Gasteiger partial charge in [0.2, 0.25) is 53.2 Å². The molecule has 2 aliphatic rings. The number of guanidine groups is 1. The Labute approximate surface area is 425 Å². The van der Waals surface area contributed by atoms with Gasteiger partial charge in [0.1, 0.15) is 54.4 Å². The van der Waals surface area contributed by atoms with Crippen LogP contribution in [0, 0.1) is 5.92 Å². The summed E-state index contributed by atoms with van der Waals surface area (Å²) in [6.07, 6.45) is -2.57. The van der Waals surface area contributed by atoms with Crippen molar-refractivity contribution in [2.75, 3.05) is 32.0 Å². The van der Waals surface area contributed by atoms with Crippen LogP contribution in [0.3, 0.4) is 0 Å². The molecule has 0 saturated carbocycles. The third kappa shape index (κ3) is 21.0. The highest BCUT2D eigenvalue weighted by molar-refractivity contribution is 7.80. The van der Waals surface area contributed by atoms with Crippen LogP contribution in [0.2, 0.25) is 0 Å². The third-order valence-corrected chi connectivity index (χ3v) is 12.1. The zero-order valence-corrected chi connectivity index (χ0v) is 41.7. The number of aliphatic imine (C=N–C) groups is 1. The summed E-state index contributed by atoms with van der Waals surface area (Å²) in [5.41, 5.74) is 21.6. The summed E-state index contributed by atoms with van der Waals surface area (Å²) in [7, 11) is 0. The maximum absolute atomic E-state index is 14.3. The third-order valence-electron chi connectivity index (χ3n) is 11.8. The van der Waals surface area contributed by atoms with E-state index in [1.54, 1.807) is 13.8 Å². The number of aliphatic carboxylic acids is 3. The number of carbonyl (C=O) groups is 12. The molecule has 0 aromatic heterocycles. The molecule has 9 amide bonds. The number of carbonyl (C=O) groups excluding carboxylic acids is 9. The van der Waals surface area contributed by atoms with Crippen molar-refractivity contribution in [3.05, 3.63) is 0 Å². The van der Waals surface area contributed by atoms with Crippen molar-refractivity contribution in [1.82, 2.24) is 41.7 Å². The predicted molar refractivity (Wildman–Crippen MR) is 259 cm³/mol. The van der Waals surface area contributed by atoms with Gasteiger partial charge in [-0.25, -0.2) is 4.79 Å². The van der Waals surface area contributed by atoms with Crippen molar-refractivity contribution in [1.29, 1.82) is 0 Å². The van der Waals surface area contributed by atoms with Crippen LogP contribution in [0.25, 0.3) is 0 Å². The fourth-order valence-corrected chi connectivity index (χ4v) is 8.23. The van der Waals surface area contributed by atoms with Crippen LogP contribution in [0.4, 0.5) is 0 Å². The van der Waals surface area contributed by atoms with E-state index in [0.29, 0.717) is 6.42 Å². The molecule has 2 aliphatic heterocycles. The van der Waals surface area contributed by atoms with E-state index < -0.39 is 164 Å². The van der Waals surface area contributed by atoms with Gasteiger partial charge in [0.05, 0.1) is 6.61 Å². The molecule has 2 rings (SSSR count). The van der Waals surface area contributed by atoms with Crippen LogP contribution >= 0.6 is 12.6 Å². The molecule has 410 valence electrons. The van der Waals surface area contributed by atoms with Crippen LogP contribution in [-0.2, 0) is 57.5 Å². The standard InChI is InChI=1S/C43H71N13O16S/c1-21(2)18-27(37(66)52-26(42(71)72)6-3-15-48-43(46)47)53-36(65)23(9-12-31(45)58)49-38(67)29-7-4-16-55(29)40(69)25(11-14-33(61)62)51-35(64)24(10-13-32(59)60)50-39(68)30-8-5-17-56(30)41(70)28(20-73)54-34(63)22(44)19-57/h21-30,57,73H,3-20,44H2,1-2H3,(H2,45,58)(H,49,67)(H,50,68)(H,51,64)(H,52,66)(H,53,65)(H,54,63)(H,59,60)(H,61,62)(H,71,72)(H4,46,47,48). The lowest BCUT2D eigenvalue weighted by molar-refractivity contribution is -0.144. The largest absolute Gasteiger partial charge is 0.481 e. The highest BCUT2D eigenvalue weighted by atomic mass is 32.1. The minimum absolute atomic E-state index is 0.000627. The lowest BCUT2D eigenvalue weighted by Crippen LogP contribution is -2.60. The van der Waals surface area contributed by atoms with Gasteiger partial charge < -0.3 is 85.1 Å². The molecule has 9 unspecified atom stereocenters. The number of aliphatic hydroxyl groups excluding tert-OH is 1. The molecular formula is C43H71N13O16S. The van der Waals surface area contributed by atoms with Gasteiger partial charge >= 0.3 is 17.9 Å². The van der Waals surface area contributed by atoms with Crippen molar-refractivity contribution in [2.24, 2.45) is 33.8 Å². The lowest BCUT2D eigenvalue weighted by Gasteiger charge is -2.31. The minimum atomic E-state index is -1.68. The number of carboxylic acids is 3. The second kappa shape index (κ2) is 30.9. The van der Waals surface area contributed by atoms with Crippen molar-refractivity contribution >= 4 is 89.7 Å². The van der Waals surface area contributed by atoms with Crippen molar-refractivity contribution < 1.29 is 78.0 Å². The normalized spacial score (nSPS) is 18.1. The number of hydrogen-bond donors (Lipinski definition) is 15. The molecule has 2 heterocycles. The molecule has 0 radical (unpaired) electrons. The van der Waals surface area contributed by atoms with Gasteiger partial charge in [0.15, 0.2) is 5.96 Å². The fraction of sp³-hybridized carbons (Fsp3) is 0.698. The summed E-state index contributed by atoms with van der Waals surface area (Å²) in [5.74, 6) is -13.0. The van der Waals surface area contributed by atoms with Crippen LogP contribution in [0.15, 0.2) is 4.99 Å². The molecule has 2 fully saturated rings. The summed E-state index contributed by atoms with van der Waals surface area (Å²) >= 11 is 4.12. The second-order valence-corrected chi connectivity index (χ2v) is 18.4. The topological polar surface area (TPSA) is 481 Å². The molecule has 2 saturated heterocycles. The molecule has 0 aliphatic carbocycles. The predicted octanol–water partition coefficient (Wildman–Crippen LogP) is -5.69. The Balaban J connectivity index is 2.36. The van der Waals surface area contributed by atoms with Crippen LogP contribution in [0.5, 0.6) is 0 Å². The van der Waals surface area contributed by atoms with Crippen molar-refractivity contribution in [3.8, 4) is 0 Å². The number of likely N-dealkylation sites (tertiary alicyclic amines) is 2. The van der Waals surface area contributed by atoms with Crippen molar-refractivity contribution in [2.45, 2.75) is 152 Å². The molecular weight excluding hydrogens is 987 g/mol. The number of rotatable bonds is 32. The number of nitrogens with zero attached hydrogens (tertiary/aromatic N) is 3. The number of thiol groups is 1. The monoisotopic (exact) mass is 1060 g/mol. The molecule has 9 atom stereocenters. The summed E-state index contributed by atoms with van der Waals surface area (Å²) in [5, 5.41) is 52.7. The molecule has 0 aromatic rings. The first kappa shape index (κ1) is 62.3. The average Bonchev–Trinajstić information content (AvgIpc) is 4.03. The fourth-order valence-electron chi connectivity index (χ4n) is 7.99. The first-order valence-electron chi connectivity index (χ1n) is 23.7. The van der Waals surface area contributed by atoms with E-state index in [4.69, 9.17) is 22.9 Å². The first-order valence-corrected chi connectivity index (χ1v) is 24.3. The van der Waals surface area contributed by atoms with Crippen LogP contribution in [0.1, 0.15) is 97.3 Å². The van der Waals surface area contributed by atoms with Gasteiger partial charge in [-0.3, -0.25) is 57.7 Å². The zero-order chi connectivity index (χ0) is 55.1. The molecule has 73 heavy (non-hydrogen) atoms. The Bertz CT molecular complexity index is 2040. The zero-order valence-electron chi connectivity index (χ0n) is 40.8. The van der Waals surface area contributed by atoms with E-state index in [9.17, 15) is 78.0 Å². The van der Waals surface area contributed by atoms with E-state index in [2.05, 4.69) is 49.5 Å². The number of nitrogens with one attached hydrogen (secondary N) is 6. The Morgan fingerprint density at radius 1 is 0.603 bits per heavy atom. The van der Waals surface area contributed by atoms with Gasteiger partial charge in [-0.05, 0) is 70.1 Å². The van der Waals surface area contributed by atoms with Crippen molar-refractivity contribution in [3.63, 3.8) is 0 Å². The molecule has 0 bridgehead atoms. The Hall–Kier alpha value is -6.82. The Morgan fingerprint density at radius 2 is 1.04 bits per heavy atom. The quantitative estimate of drug-likeness (QED) is 0.0129. The van der Waals surface area contributed by atoms with E-state index in [-0.39, 0.29) is 82.2 Å². The van der Waals surface area contributed by atoms with Gasteiger partial charge in [-0.2, -0.15) is 12.6 Å². The highest BCUT2D eigenvalue weighted by Crippen LogP contribution is 2.22. The van der Waals surface area contributed by atoms with Crippen LogP contribution in [-0.4, -0.2) is 194 Å². The van der Waals surface area contributed by atoms with E-state index in [1.807, 2.05) is 0 Å². The molecule has 29 nitrogen and oxygen atoms in total. The van der Waals surface area contributed by atoms with Gasteiger partial charge in [0, 0.05) is 44.6 Å². The summed E-state index contributed by atoms with van der Waals surface area (Å²) < 4.78 is 0. The number of aliphatic hydroxyl groups is 1. The van der Waals surface area contributed by atoms with E-state index >= 15 is 0 Å². The van der Waals surface area contributed by atoms with E-state index in [0.717, 1.165) is 9.80 Å². The SMILES string of the molecule is CC(C)CC(NC(=O)C(CCC(N)=O)NC(=O)C1CCCN1C(=O)C(CCC(=O)O)NC(=O)C(CCC(=O)O)NC(=O)C1CCCN1C(=O)C(CS)NC(=O)C(N)CO)C(=O)NC(CCCN=C(N)N)C(=O)O. The lowest BCUT2D eigenvalue weighted by atomic mass is 10.0. The molecule has 18 N–H and O–H groups in total. The second-order valence-electron chi connectivity index (χ2n) is 18.0.